The van der Waals surface area contributed by atoms with Gasteiger partial charge < -0.3 is 23.7 Å². The fourth-order valence-corrected chi connectivity index (χ4v) is 3.36. The highest BCUT2D eigenvalue weighted by Gasteiger charge is 2.36. The van der Waals surface area contributed by atoms with Crippen molar-refractivity contribution in [1.82, 2.24) is 15.0 Å². The topological polar surface area (TPSA) is 76.9 Å². The highest BCUT2D eigenvalue weighted by molar-refractivity contribution is 6.11. The van der Waals surface area contributed by atoms with Gasteiger partial charge in [-0.15, -0.1) is 5.10 Å². The first-order valence-electron chi connectivity index (χ1n) is 8.42. The summed E-state index contributed by atoms with van der Waals surface area (Å²) in [6.07, 6.45) is 2.88. The van der Waals surface area contributed by atoms with Crippen molar-refractivity contribution >= 4 is 15.7 Å². The first-order chi connectivity index (χ1) is 12.1. The molecule has 2 unspecified atom stereocenters. The van der Waals surface area contributed by atoms with Gasteiger partial charge in [-0.3, -0.25) is 0 Å². The van der Waals surface area contributed by atoms with Crippen LogP contribution >= 0.6 is 0 Å². The molecule has 0 amide bonds. The Morgan fingerprint density at radius 3 is 2.68 bits per heavy atom. The number of hydrogen-bond acceptors (Lipinski definition) is 7. The number of ether oxygens (including phenoxy) is 5. The lowest BCUT2D eigenvalue weighted by Crippen LogP contribution is -2.28. The van der Waals surface area contributed by atoms with E-state index in [0.717, 1.165) is 5.69 Å². The smallest absolute Gasteiger partial charge is 0.141 e. The Morgan fingerprint density at radius 1 is 1.16 bits per heavy atom. The molecule has 134 valence electrons. The fraction of sp³-hybridized carbons (Fsp3) is 0.867. The Kier molecular flexibility index (Phi) is 6.51. The Balaban J connectivity index is 1.50. The minimum Gasteiger partial charge on any atom is -0.382 e. The highest BCUT2D eigenvalue weighted by Crippen LogP contribution is 2.33. The molecule has 10 heteroatoms. The highest BCUT2D eigenvalue weighted by atomic mass is 16.6. The molecule has 25 heavy (non-hydrogen) atoms. The minimum atomic E-state index is -0.305. The fourth-order valence-electron chi connectivity index (χ4n) is 3.36. The molecular weight excluding hydrogens is 324 g/mol. The molecule has 0 saturated carbocycles. The SMILES string of the molecule is [B][C@H]1CC(OC)[C@@H](COCn2cc(C3C[C@H]([B])O[C@@H]3COC)nn2)O1. The molecular formula is C15H23B2N3O5. The Hall–Kier alpha value is -0.930. The predicted octanol–water partition coefficient (Wildman–Crippen LogP) is -0.436. The van der Waals surface area contributed by atoms with E-state index in [2.05, 4.69) is 10.3 Å². The van der Waals surface area contributed by atoms with E-state index in [4.69, 9.17) is 39.4 Å². The molecule has 2 saturated heterocycles. The molecule has 4 radical (unpaired) electrons. The maximum atomic E-state index is 5.88. The first kappa shape index (κ1) is 18.8. The molecule has 0 aromatic carbocycles. The lowest BCUT2D eigenvalue weighted by Gasteiger charge is -2.17. The van der Waals surface area contributed by atoms with Crippen molar-refractivity contribution in [3.8, 4) is 0 Å². The molecule has 0 N–H and O–H groups in total. The average molecular weight is 347 g/mol. The quantitative estimate of drug-likeness (QED) is 0.591. The molecule has 2 aliphatic heterocycles. The van der Waals surface area contributed by atoms with Crippen molar-refractivity contribution in [1.29, 1.82) is 0 Å². The molecule has 1 aromatic rings. The van der Waals surface area contributed by atoms with Crippen LogP contribution in [0, 0.1) is 0 Å². The molecule has 0 bridgehead atoms. The van der Waals surface area contributed by atoms with Crippen molar-refractivity contribution in [2.45, 2.75) is 55.8 Å². The lowest BCUT2D eigenvalue weighted by atomic mass is 9.89. The van der Waals surface area contributed by atoms with Gasteiger partial charge >= 0.3 is 0 Å². The zero-order valence-corrected chi connectivity index (χ0v) is 14.6. The third-order valence-corrected chi connectivity index (χ3v) is 4.59. The van der Waals surface area contributed by atoms with Crippen LogP contribution in [0.2, 0.25) is 0 Å². The first-order valence-corrected chi connectivity index (χ1v) is 8.42. The summed E-state index contributed by atoms with van der Waals surface area (Å²) in [6, 6.07) is -0.609. The molecule has 2 fully saturated rings. The average Bonchev–Trinajstić information content (AvgIpc) is 3.27. The van der Waals surface area contributed by atoms with Gasteiger partial charge in [-0.2, -0.15) is 0 Å². The van der Waals surface area contributed by atoms with Crippen LogP contribution in [0.3, 0.4) is 0 Å². The summed E-state index contributed by atoms with van der Waals surface area (Å²) in [5.74, 6) is 0.0673. The standard InChI is InChI=1S/C15H23B2N3O5/c1-21-6-12-9(3-14(16)24-12)10-5-20(19-18-10)8-23-7-13-11(22-2)4-15(17)25-13/h5,9,11-15H,3-4,6-8H2,1-2H3/t9?,11?,12-,13-,14-,15-/m1/s1. The Labute approximate surface area is 150 Å². The van der Waals surface area contributed by atoms with E-state index in [1.54, 1.807) is 18.9 Å². The van der Waals surface area contributed by atoms with Gasteiger partial charge in [0.05, 0.1) is 37.3 Å². The third-order valence-electron chi connectivity index (χ3n) is 4.59. The Morgan fingerprint density at radius 2 is 1.92 bits per heavy atom. The summed E-state index contributed by atoms with van der Waals surface area (Å²) < 4.78 is 29.1. The summed E-state index contributed by atoms with van der Waals surface area (Å²) in [6.45, 7) is 1.12. The van der Waals surface area contributed by atoms with Gasteiger partial charge in [0.25, 0.3) is 0 Å². The Bertz CT molecular complexity index is 549. The van der Waals surface area contributed by atoms with Crippen molar-refractivity contribution in [3.63, 3.8) is 0 Å². The molecule has 8 nitrogen and oxygen atoms in total. The van der Waals surface area contributed by atoms with Crippen LogP contribution in [-0.2, 0) is 30.4 Å². The zero-order valence-electron chi connectivity index (χ0n) is 14.6. The van der Waals surface area contributed by atoms with Gasteiger partial charge in [-0.05, 0) is 12.8 Å². The number of rotatable bonds is 8. The predicted molar refractivity (Wildman–Crippen MR) is 89.5 cm³/mol. The zero-order chi connectivity index (χ0) is 17.8. The monoisotopic (exact) mass is 347 g/mol. The summed E-state index contributed by atoms with van der Waals surface area (Å²) in [5, 5.41) is 8.33. The number of aromatic nitrogens is 3. The molecule has 6 atom stereocenters. The molecule has 1 aromatic heterocycles. The second-order valence-electron chi connectivity index (χ2n) is 6.42. The van der Waals surface area contributed by atoms with E-state index in [9.17, 15) is 0 Å². The maximum absolute atomic E-state index is 5.88. The summed E-state index contributed by atoms with van der Waals surface area (Å²) in [5.41, 5.74) is 0.826. The van der Waals surface area contributed by atoms with Crippen molar-refractivity contribution in [2.75, 3.05) is 27.4 Å². The number of methoxy groups -OCH3 is 2. The van der Waals surface area contributed by atoms with E-state index >= 15 is 0 Å². The van der Waals surface area contributed by atoms with Crippen LogP contribution in [-0.4, -0.2) is 88.4 Å². The number of hydrogen-bond donors (Lipinski definition) is 0. The molecule has 3 heterocycles. The van der Waals surface area contributed by atoms with E-state index in [1.165, 1.54) is 0 Å². The molecule has 0 aliphatic carbocycles. The summed E-state index contributed by atoms with van der Waals surface area (Å²) in [7, 11) is 14.9. The van der Waals surface area contributed by atoms with Gasteiger partial charge in [0.1, 0.15) is 28.5 Å². The van der Waals surface area contributed by atoms with E-state index < -0.39 is 0 Å². The van der Waals surface area contributed by atoms with E-state index in [0.29, 0.717) is 26.1 Å². The number of nitrogens with zero attached hydrogens (tertiary/aromatic N) is 3. The normalized spacial score (nSPS) is 35.4. The van der Waals surface area contributed by atoms with Crippen LogP contribution < -0.4 is 0 Å². The molecule has 2 aliphatic rings. The lowest BCUT2D eigenvalue weighted by molar-refractivity contribution is -0.0589. The summed E-state index contributed by atoms with van der Waals surface area (Å²) in [4.78, 5) is 0. The van der Waals surface area contributed by atoms with Gasteiger partial charge in [-0.1, -0.05) is 5.21 Å². The van der Waals surface area contributed by atoms with Gasteiger partial charge in [-0.25, -0.2) is 4.68 Å². The second kappa shape index (κ2) is 8.64. The van der Waals surface area contributed by atoms with Crippen molar-refractivity contribution in [2.24, 2.45) is 0 Å². The third kappa shape index (κ3) is 4.62. The van der Waals surface area contributed by atoms with Crippen LogP contribution in [0.25, 0.3) is 0 Å². The van der Waals surface area contributed by atoms with Crippen LogP contribution in [0.1, 0.15) is 24.5 Å². The van der Waals surface area contributed by atoms with Gasteiger partial charge in [0.15, 0.2) is 0 Å². The van der Waals surface area contributed by atoms with Crippen molar-refractivity contribution < 1.29 is 23.7 Å². The van der Waals surface area contributed by atoms with Crippen LogP contribution in [0.4, 0.5) is 0 Å². The van der Waals surface area contributed by atoms with Crippen molar-refractivity contribution in [3.05, 3.63) is 11.9 Å². The van der Waals surface area contributed by atoms with Crippen LogP contribution in [0.15, 0.2) is 6.20 Å². The minimum absolute atomic E-state index is 0.0479. The summed E-state index contributed by atoms with van der Waals surface area (Å²) >= 11 is 0. The van der Waals surface area contributed by atoms with E-state index in [-0.39, 0.29) is 43.0 Å². The maximum Gasteiger partial charge on any atom is 0.141 e. The van der Waals surface area contributed by atoms with Crippen LogP contribution in [0.5, 0.6) is 0 Å². The molecule has 3 rings (SSSR count). The van der Waals surface area contributed by atoms with Gasteiger partial charge in [0, 0.05) is 32.1 Å². The van der Waals surface area contributed by atoms with Gasteiger partial charge in [0.2, 0.25) is 0 Å². The second-order valence-corrected chi connectivity index (χ2v) is 6.42. The largest absolute Gasteiger partial charge is 0.382 e. The van der Waals surface area contributed by atoms with E-state index in [1.807, 2.05) is 6.20 Å². The molecule has 0 spiro atoms.